The Morgan fingerprint density at radius 2 is 2.00 bits per heavy atom. The number of hydrogen-bond acceptors (Lipinski definition) is 4. The Bertz CT molecular complexity index is 899. The quantitative estimate of drug-likeness (QED) is 0.672. The third-order valence-electron chi connectivity index (χ3n) is 3.80. The lowest BCUT2D eigenvalue weighted by Crippen LogP contribution is -2.44. The molecule has 0 saturated heterocycles. The fraction of sp³-hybridized carbons (Fsp3) is 0.167. The average molecular weight is 359 g/mol. The van der Waals surface area contributed by atoms with Crippen LogP contribution in [0, 0.1) is 11.6 Å². The summed E-state index contributed by atoms with van der Waals surface area (Å²) in [6, 6.07) is 10.2. The Hall–Kier alpha value is -3.29. The molecule has 0 unspecified atom stereocenters. The number of ether oxygens (including phenoxy) is 1. The third-order valence-corrected chi connectivity index (χ3v) is 3.80. The van der Waals surface area contributed by atoms with Gasteiger partial charge in [-0.25, -0.2) is 14.2 Å². The van der Waals surface area contributed by atoms with E-state index in [0.29, 0.717) is 22.7 Å². The molecule has 8 heteroatoms. The van der Waals surface area contributed by atoms with Gasteiger partial charge in [-0.1, -0.05) is 12.1 Å². The number of hydrogen-bond donors (Lipinski definition) is 1. The van der Waals surface area contributed by atoms with Crippen LogP contribution in [0.2, 0.25) is 0 Å². The summed E-state index contributed by atoms with van der Waals surface area (Å²) in [7, 11) is 0. The van der Waals surface area contributed by atoms with Gasteiger partial charge in [0, 0.05) is 5.56 Å². The predicted octanol–water partition coefficient (Wildman–Crippen LogP) is 2.23. The van der Waals surface area contributed by atoms with Gasteiger partial charge in [-0.05, 0) is 37.3 Å². The fourth-order valence-corrected chi connectivity index (χ4v) is 2.44. The lowest BCUT2D eigenvalue weighted by molar-refractivity contribution is -0.125. The van der Waals surface area contributed by atoms with Gasteiger partial charge >= 0.3 is 0 Å². The van der Waals surface area contributed by atoms with Gasteiger partial charge in [0.05, 0.1) is 11.4 Å². The van der Waals surface area contributed by atoms with Gasteiger partial charge in [0.1, 0.15) is 12.3 Å². The Kier molecular flexibility index (Phi) is 4.92. The summed E-state index contributed by atoms with van der Waals surface area (Å²) >= 11 is 0. The van der Waals surface area contributed by atoms with Crippen molar-refractivity contribution in [1.29, 1.82) is 0 Å². The molecule has 0 radical (unpaired) electrons. The molecule has 0 spiro atoms. The Morgan fingerprint density at radius 1 is 1.23 bits per heavy atom. The third kappa shape index (κ3) is 3.69. The molecule has 134 valence electrons. The molecular weight excluding hydrogens is 344 g/mol. The first-order valence-electron chi connectivity index (χ1n) is 7.76. The molecule has 0 fully saturated rings. The molecule has 0 bridgehead atoms. The molecule has 1 heterocycles. The average Bonchev–Trinajstić information content (AvgIpc) is 2.64. The number of halogens is 2. The smallest absolute Gasteiger partial charge is 0.265 e. The predicted molar refractivity (Wildman–Crippen MR) is 91.0 cm³/mol. The number of hydrazone groups is 1. The summed E-state index contributed by atoms with van der Waals surface area (Å²) < 4.78 is 31.5. The molecule has 26 heavy (non-hydrogen) atoms. The molecule has 2 aromatic carbocycles. The van der Waals surface area contributed by atoms with E-state index in [4.69, 9.17) is 4.74 Å². The molecule has 2 amide bonds. The number of fused-ring (bicyclic) bond motifs is 1. The van der Waals surface area contributed by atoms with Crippen LogP contribution in [-0.2, 0) is 9.59 Å². The van der Waals surface area contributed by atoms with Crippen molar-refractivity contribution in [1.82, 2.24) is 5.43 Å². The van der Waals surface area contributed by atoms with Gasteiger partial charge in [-0.15, -0.1) is 0 Å². The van der Waals surface area contributed by atoms with E-state index in [-0.39, 0.29) is 19.1 Å². The number of benzene rings is 2. The minimum Gasteiger partial charge on any atom is -0.482 e. The summed E-state index contributed by atoms with van der Waals surface area (Å²) in [4.78, 5) is 25.5. The van der Waals surface area contributed by atoms with Crippen molar-refractivity contribution in [2.24, 2.45) is 5.10 Å². The zero-order valence-electron chi connectivity index (χ0n) is 13.8. The van der Waals surface area contributed by atoms with Crippen molar-refractivity contribution in [3.63, 3.8) is 0 Å². The molecule has 0 saturated carbocycles. The number of anilines is 1. The highest BCUT2D eigenvalue weighted by molar-refractivity contribution is 6.03. The SMILES string of the molecule is C/C(=N/NC(=O)CN1C(=O)COc2ccccc21)c1ccc(F)c(F)c1. The first-order valence-corrected chi connectivity index (χ1v) is 7.76. The van der Waals surface area contributed by atoms with Gasteiger partial charge in [0.15, 0.2) is 18.2 Å². The number of para-hydroxylation sites is 2. The monoisotopic (exact) mass is 359 g/mol. The maximum Gasteiger partial charge on any atom is 0.265 e. The number of rotatable bonds is 4. The van der Waals surface area contributed by atoms with Crippen molar-refractivity contribution in [2.45, 2.75) is 6.92 Å². The summed E-state index contributed by atoms with van der Waals surface area (Å²) in [6.07, 6.45) is 0. The van der Waals surface area contributed by atoms with E-state index < -0.39 is 17.5 Å². The van der Waals surface area contributed by atoms with Crippen LogP contribution in [-0.4, -0.2) is 30.7 Å². The Labute approximate surface area is 148 Å². The van der Waals surface area contributed by atoms with Crippen LogP contribution in [0.3, 0.4) is 0 Å². The van der Waals surface area contributed by atoms with E-state index in [1.807, 2.05) is 0 Å². The normalized spacial score (nSPS) is 13.9. The number of carbonyl (C=O) groups is 2. The second-order valence-corrected chi connectivity index (χ2v) is 5.60. The lowest BCUT2D eigenvalue weighted by atomic mass is 10.1. The van der Waals surface area contributed by atoms with Gasteiger partial charge in [-0.2, -0.15) is 5.10 Å². The van der Waals surface area contributed by atoms with Gasteiger partial charge in [-0.3, -0.25) is 14.5 Å². The van der Waals surface area contributed by atoms with Crippen LogP contribution in [0.15, 0.2) is 47.6 Å². The van der Waals surface area contributed by atoms with E-state index in [1.54, 1.807) is 31.2 Å². The first-order chi connectivity index (χ1) is 12.5. The molecule has 2 aromatic rings. The minimum absolute atomic E-state index is 0.151. The molecule has 6 nitrogen and oxygen atoms in total. The van der Waals surface area contributed by atoms with Crippen molar-refractivity contribution in [3.8, 4) is 5.75 Å². The summed E-state index contributed by atoms with van der Waals surface area (Å²) in [6.45, 7) is 1.15. The second kappa shape index (κ2) is 7.30. The van der Waals surface area contributed by atoms with Crippen molar-refractivity contribution in [2.75, 3.05) is 18.1 Å². The maximum atomic E-state index is 13.3. The highest BCUT2D eigenvalue weighted by atomic mass is 19.2. The van der Waals surface area contributed by atoms with E-state index >= 15 is 0 Å². The van der Waals surface area contributed by atoms with Gasteiger partial charge in [0.2, 0.25) is 0 Å². The van der Waals surface area contributed by atoms with E-state index in [2.05, 4.69) is 10.5 Å². The van der Waals surface area contributed by atoms with Gasteiger partial charge < -0.3 is 4.74 Å². The summed E-state index contributed by atoms with van der Waals surface area (Å²) in [5.41, 5.74) is 3.44. The van der Waals surface area contributed by atoms with Crippen LogP contribution in [0.1, 0.15) is 12.5 Å². The molecule has 1 N–H and O–H groups in total. The van der Waals surface area contributed by atoms with E-state index in [0.717, 1.165) is 12.1 Å². The number of carbonyl (C=O) groups excluding carboxylic acids is 2. The minimum atomic E-state index is -1.00. The first kappa shape index (κ1) is 17.5. The number of nitrogens with zero attached hydrogens (tertiary/aromatic N) is 2. The van der Waals surface area contributed by atoms with Crippen molar-refractivity contribution < 1.29 is 23.1 Å². The summed E-state index contributed by atoms with van der Waals surface area (Å²) in [5.74, 6) is -2.33. The Morgan fingerprint density at radius 3 is 2.77 bits per heavy atom. The van der Waals surface area contributed by atoms with Gasteiger partial charge in [0.25, 0.3) is 11.8 Å². The topological polar surface area (TPSA) is 71.0 Å². The zero-order chi connectivity index (χ0) is 18.7. The van der Waals surface area contributed by atoms with Crippen LogP contribution in [0.5, 0.6) is 5.75 Å². The zero-order valence-corrected chi connectivity index (χ0v) is 13.8. The molecule has 3 rings (SSSR count). The highest BCUT2D eigenvalue weighted by Crippen LogP contribution is 2.31. The van der Waals surface area contributed by atoms with E-state index in [1.165, 1.54) is 11.0 Å². The molecule has 1 aliphatic heterocycles. The van der Waals surface area contributed by atoms with Crippen LogP contribution < -0.4 is 15.1 Å². The molecule has 0 aliphatic carbocycles. The van der Waals surface area contributed by atoms with E-state index in [9.17, 15) is 18.4 Å². The van der Waals surface area contributed by atoms with Crippen molar-refractivity contribution >= 4 is 23.2 Å². The Balaban J connectivity index is 1.69. The van der Waals surface area contributed by atoms with Crippen LogP contribution in [0.25, 0.3) is 0 Å². The second-order valence-electron chi connectivity index (χ2n) is 5.60. The standard InChI is InChI=1S/C18H15F2N3O3/c1-11(12-6-7-13(19)14(20)8-12)21-22-17(24)9-23-15-4-2-3-5-16(15)26-10-18(23)25/h2-8H,9-10H2,1H3,(H,22,24)/b21-11-. The highest BCUT2D eigenvalue weighted by Gasteiger charge is 2.26. The number of nitrogens with one attached hydrogen (secondary N) is 1. The maximum absolute atomic E-state index is 13.3. The van der Waals surface area contributed by atoms with Crippen LogP contribution in [0.4, 0.5) is 14.5 Å². The van der Waals surface area contributed by atoms with Crippen molar-refractivity contribution in [3.05, 3.63) is 59.7 Å². The largest absolute Gasteiger partial charge is 0.482 e. The number of amides is 2. The molecule has 0 atom stereocenters. The fourth-order valence-electron chi connectivity index (χ4n) is 2.44. The molecule has 1 aliphatic rings. The molecular formula is C18H15F2N3O3. The molecule has 0 aromatic heterocycles. The summed E-state index contributed by atoms with van der Waals surface area (Å²) in [5, 5.41) is 3.87. The lowest BCUT2D eigenvalue weighted by Gasteiger charge is -2.28. The van der Waals surface area contributed by atoms with Crippen LogP contribution >= 0.6 is 0 Å².